The van der Waals surface area contributed by atoms with Crippen LogP contribution in [0.4, 0.5) is 4.79 Å². The number of aliphatic hydroxyl groups is 2. The molecule has 2 rings (SSSR count). The van der Waals surface area contributed by atoms with Gasteiger partial charge in [0.15, 0.2) is 0 Å². The van der Waals surface area contributed by atoms with Gasteiger partial charge in [-0.15, -0.1) is 0 Å². The highest BCUT2D eigenvalue weighted by atomic mass is 32.2. The Morgan fingerprint density at radius 3 is 2.15 bits per heavy atom. The lowest BCUT2D eigenvalue weighted by atomic mass is 9.83. The summed E-state index contributed by atoms with van der Waals surface area (Å²) in [5, 5.41) is 30.0. The molecule has 1 unspecified atom stereocenters. The predicted molar refractivity (Wildman–Crippen MR) is 177 cm³/mol. The molecule has 0 aliphatic heterocycles. The standard InChI is InChI=1S/C33H56N4O8S/c1-6-18-46(43,44)34-22-25(38)21-29(39)27(19-23-14-10-8-11-15-23)36-30(40)26(7-2)35-31(41)28(20-24-16-12-9-13-17-24)37-32(42)45-33(3,4)5/h9,12-13,16-17,23,25-29,34,38-39H,6-8,10-11,14-15,18-22H2,1-5H3,(H,35,41)(H,36,40)(H,37,42)/t25-,26?,27-,28-,29-/m0/s1. The molecule has 0 saturated heterocycles. The predicted octanol–water partition coefficient (Wildman–Crippen LogP) is 2.91. The van der Waals surface area contributed by atoms with E-state index in [4.69, 9.17) is 4.74 Å². The van der Waals surface area contributed by atoms with Crippen LogP contribution in [0.1, 0.15) is 98.0 Å². The average Bonchev–Trinajstić information content (AvgIpc) is 2.98. The van der Waals surface area contributed by atoms with Crippen molar-refractivity contribution in [1.82, 2.24) is 20.7 Å². The molecule has 0 bridgehead atoms. The topological polar surface area (TPSA) is 183 Å². The van der Waals surface area contributed by atoms with Crippen LogP contribution >= 0.6 is 0 Å². The summed E-state index contributed by atoms with van der Waals surface area (Å²) in [5.41, 5.74) is 0.0353. The van der Waals surface area contributed by atoms with E-state index >= 15 is 0 Å². The Balaban J connectivity index is 2.15. The van der Waals surface area contributed by atoms with Crippen LogP contribution in [-0.4, -0.2) is 84.8 Å². The number of alkyl carbamates (subject to hydrolysis) is 1. The lowest BCUT2D eigenvalue weighted by Gasteiger charge is -2.32. The van der Waals surface area contributed by atoms with Crippen molar-refractivity contribution in [2.75, 3.05) is 12.3 Å². The van der Waals surface area contributed by atoms with Gasteiger partial charge in [-0.3, -0.25) is 9.59 Å². The first-order valence-electron chi connectivity index (χ1n) is 16.6. The highest BCUT2D eigenvalue weighted by molar-refractivity contribution is 7.89. The first kappa shape index (κ1) is 39.4. The maximum absolute atomic E-state index is 13.6. The smallest absolute Gasteiger partial charge is 0.408 e. The van der Waals surface area contributed by atoms with Crippen molar-refractivity contribution in [3.63, 3.8) is 0 Å². The van der Waals surface area contributed by atoms with Gasteiger partial charge in [0.25, 0.3) is 0 Å². The maximum Gasteiger partial charge on any atom is 0.408 e. The van der Waals surface area contributed by atoms with Crippen molar-refractivity contribution in [3.8, 4) is 0 Å². The van der Waals surface area contributed by atoms with Gasteiger partial charge in [-0.2, -0.15) is 0 Å². The summed E-state index contributed by atoms with van der Waals surface area (Å²) in [6.07, 6.45) is 3.31. The van der Waals surface area contributed by atoms with Gasteiger partial charge < -0.3 is 30.9 Å². The summed E-state index contributed by atoms with van der Waals surface area (Å²) in [7, 11) is -3.53. The second kappa shape index (κ2) is 19.2. The van der Waals surface area contributed by atoms with Crippen LogP contribution < -0.4 is 20.7 Å². The van der Waals surface area contributed by atoms with Gasteiger partial charge in [0.05, 0.1) is 24.0 Å². The Hall–Kier alpha value is -2.74. The lowest BCUT2D eigenvalue weighted by molar-refractivity contribution is -0.131. The molecule has 0 spiro atoms. The lowest BCUT2D eigenvalue weighted by Crippen LogP contribution is -2.57. The number of nitrogens with one attached hydrogen (secondary N) is 4. The zero-order chi connectivity index (χ0) is 34.3. The van der Waals surface area contributed by atoms with E-state index in [-0.39, 0.29) is 37.5 Å². The molecule has 1 fully saturated rings. The van der Waals surface area contributed by atoms with Crippen LogP contribution in [0, 0.1) is 5.92 Å². The van der Waals surface area contributed by atoms with Crippen LogP contribution in [-0.2, 0) is 30.8 Å². The van der Waals surface area contributed by atoms with Crippen molar-refractivity contribution in [1.29, 1.82) is 0 Å². The summed E-state index contributed by atoms with van der Waals surface area (Å²) in [6.45, 7) is 8.40. The Kier molecular flexibility index (Phi) is 16.4. The summed E-state index contributed by atoms with van der Waals surface area (Å²) in [6, 6.07) is 6.47. The minimum Gasteiger partial charge on any atom is -0.444 e. The van der Waals surface area contributed by atoms with Gasteiger partial charge >= 0.3 is 6.09 Å². The average molecular weight is 669 g/mol. The van der Waals surface area contributed by atoms with Gasteiger partial charge in [-0.05, 0) is 51.5 Å². The Morgan fingerprint density at radius 2 is 1.57 bits per heavy atom. The molecule has 46 heavy (non-hydrogen) atoms. The molecular weight excluding hydrogens is 612 g/mol. The van der Waals surface area contributed by atoms with Gasteiger partial charge in [0.1, 0.15) is 17.7 Å². The van der Waals surface area contributed by atoms with Crippen molar-refractivity contribution in [3.05, 3.63) is 35.9 Å². The van der Waals surface area contributed by atoms with Crippen molar-refractivity contribution in [2.24, 2.45) is 5.92 Å². The van der Waals surface area contributed by atoms with Crippen molar-refractivity contribution >= 4 is 27.9 Å². The third-order valence-electron chi connectivity index (χ3n) is 7.96. The Bertz CT molecular complexity index is 1190. The third kappa shape index (κ3) is 15.2. The molecule has 1 aliphatic rings. The largest absolute Gasteiger partial charge is 0.444 e. The molecule has 0 radical (unpaired) electrons. The molecule has 0 aromatic heterocycles. The van der Waals surface area contributed by atoms with E-state index in [0.29, 0.717) is 12.8 Å². The molecule has 1 saturated carbocycles. The number of carbonyl (C=O) groups excluding carboxylic acids is 3. The minimum atomic E-state index is -3.53. The van der Waals surface area contributed by atoms with E-state index in [9.17, 15) is 33.0 Å². The van der Waals surface area contributed by atoms with Crippen LogP contribution in [0.25, 0.3) is 0 Å². The van der Waals surface area contributed by atoms with E-state index in [0.717, 1.165) is 37.7 Å². The quantitative estimate of drug-likeness (QED) is 0.138. The second-order valence-electron chi connectivity index (χ2n) is 13.3. The van der Waals surface area contributed by atoms with Crippen molar-refractivity contribution < 1.29 is 37.8 Å². The van der Waals surface area contributed by atoms with E-state index < -0.39 is 63.9 Å². The number of sulfonamides is 1. The summed E-state index contributed by atoms with van der Waals surface area (Å²) in [4.78, 5) is 39.7. The highest BCUT2D eigenvalue weighted by Gasteiger charge is 2.32. The number of hydrogen-bond acceptors (Lipinski definition) is 8. The fraction of sp³-hybridized carbons (Fsp3) is 0.727. The SMILES string of the molecule is CCCS(=O)(=O)NC[C@@H](O)C[C@H](O)[C@H](CC1CCCCC1)NC(=O)C(CC)NC(=O)[C@H](Cc1ccccc1)NC(=O)OC(C)(C)C. The first-order chi connectivity index (χ1) is 21.6. The fourth-order valence-corrected chi connectivity index (χ4v) is 6.73. The molecule has 1 aliphatic carbocycles. The molecule has 12 nitrogen and oxygen atoms in total. The van der Waals surface area contributed by atoms with Gasteiger partial charge in [0.2, 0.25) is 21.8 Å². The Morgan fingerprint density at radius 1 is 0.935 bits per heavy atom. The fourth-order valence-electron chi connectivity index (χ4n) is 5.60. The summed E-state index contributed by atoms with van der Waals surface area (Å²) in [5.74, 6) is -0.844. The summed E-state index contributed by atoms with van der Waals surface area (Å²) < 4.78 is 31.8. The van der Waals surface area contributed by atoms with E-state index in [1.165, 1.54) is 0 Å². The van der Waals surface area contributed by atoms with Crippen LogP contribution in [0.2, 0.25) is 0 Å². The monoisotopic (exact) mass is 668 g/mol. The molecule has 0 heterocycles. The molecule has 262 valence electrons. The molecule has 6 N–H and O–H groups in total. The molecule has 5 atom stereocenters. The third-order valence-corrected chi connectivity index (χ3v) is 9.51. The second-order valence-corrected chi connectivity index (χ2v) is 15.3. The van der Waals surface area contributed by atoms with Gasteiger partial charge in [-0.25, -0.2) is 17.9 Å². The number of ether oxygens (including phenoxy) is 1. The molecule has 1 aromatic rings. The number of amides is 3. The molecule has 13 heteroatoms. The summed E-state index contributed by atoms with van der Waals surface area (Å²) >= 11 is 0. The van der Waals surface area contributed by atoms with Crippen LogP contribution in [0.5, 0.6) is 0 Å². The van der Waals surface area contributed by atoms with Gasteiger partial charge in [-0.1, -0.05) is 76.3 Å². The van der Waals surface area contributed by atoms with Crippen molar-refractivity contribution in [2.45, 2.75) is 135 Å². The molecule has 3 amide bonds. The highest BCUT2D eigenvalue weighted by Crippen LogP contribution is 2.28. The number of hydrogen-bond donors (Lipinski definition) is 6. The molecular formula is C33H56N4O8S. The number of rotatable bonds is 18. The number of aliphatic hydroxyl groups excluding tert-OH is 2. The first-order valence-corrected chi connectivity index (χ1v) is 18.2. The van der Waals surface area contributed by atoms with E-state index in [2.05, 4.69) is 20.7 Å². The number of benzene rings is 1. The minimum absolute atomic E-state index is 0.0632. The zero-order valence-corrected chi connectivity index (χ0v) is 28.9. The van der Waals surface area contributed by atoms with Gasteiger partial charge in [0, 0.05) is 19.4 Å². The van der Waals surface area contributed by atoms with Crippen LogP contribution in [0.15, 0.2) is 30.3 Å². The molecule has 1 aromatic carbocycles. The maximum atomic E-state index is 13.6. The van der Waals surface area contributed by atoms with E-state index in [1.807, 2.05) is 30.3 Å². The Labute approximate surface area is 274 Å². The van der Waals surface area contributed by atoms with Crippen LogP contribution in [0.3, 0.4) is 0 Å². The number of carbonyl (C=O) groups is 3. The normalized spacial score (nSPS) is 17.6. The zero-order valence-electron chi connectivity index (χ0n) is 28.1. The van der Waals surface area contributed by atoms with E-state index in [1.54, 1.807) is 34.6 Å².